The highest BCUT2D eigenvalue weighted by molar-refractivity contribution is 5.89. The van der Waals surface area contributed by atoms with E-state index >= 15 is 0 Å². The molecule has 1 aliphatic rings. The number of ether oxygens (including phenoxy) is 2. The SMILES string of the molecule is O=C(Oc1ccccc1)N(CC1CN(Cc2ccccc2)CCO1)c1ccccc1. The van der Waals surface area contributed by atoms with E-state index in [1.807, 2.05) is 54.6 Å². The quantitative estimate of drug-likeness (QED) is 0.605. The molecule has 5 heteroatoms. The first-order chi connectivity index (χ1) is 14.8. The monoisotopic (exact) mass is 402 g/mol. The summed E-state index contributed by atoms with van der Waals surface area (Å²) in [5.41, 5.74) is 2.07. The normalized spacial score (nSPS) is 16.7. The molecule has 0 saturated carbocycles. The van der Waals surface area contributed by atoms with Crippen molar-refractivity contribution >= 4 is 11.8 Å². The zero-order chi connectivity index (χ0) is 20.6. The maximum absolute atomic E-state index is 13.0. The summed E-state index contributed by atoms with van der Waals surface area (Å²) in [7, 11) is 0. The molecule has 0 N–H and O–H groups in total. The fourth-order valence-corrected chi connectivity index (χ4v) is 3.62. The van der Waals surface area contributed by atoms with E-state index in [0.29, 0.717) is 18.9 Å². The molecule has 1 aliphatic heterocycles. The summed E-state index contributed by atoms with van der Waals surface area (Å²) in [4.78, 5) is 17.0. The first-order valence-corrected chi connectivity index (χ1v) is 10.3. The fourth-order valence-electron chi connectivity index (χ4n) is 3.62. The van der Waals surface area contributed by atoms with Gasteiger partial charge in [0.05, 0.1) is 19.3 Å². The average Bonchev–Trinajstić information content (AvgIpc) is 2.80. The van der Waals surface area contributed by atoms with Crippen LogP contribution in [0.5, 0.6) is 5.75 Å². The van der Waals surface area contributed by atoms with Crippen LogP contribution in [0.4, 0.5) is 10.5 Å². The van der Waals surface area contributed by atoms with Crippen molar-refractivity contribution in [3.05, 3.63) is 96.6 Å². The number of carbonyl (C=O) groups excluding carboxylic acids is 1. The van der Waals surface area contributed by atoms with Gasteiger partial charge in [0, 0.05) is 25.3 Å². The van der Waals surface area contributed by atoms with Crippen LogP contribution in [-0.4, -0.2) is 43.3 Å². The third-order valence-corrected chi connectivity index (χ3v) is 5.09. The Balaban J connectivity index is 1.45. The van der Waals surface area contributed by atoms with Crippen LogP contribution >= 0.6 is 0 Å². The number of carbonyl (C=O) groups is 1. The molecule has 0 aromatic heterocycles. The Morgan fingerprint density at radius 2 is 1.57 bits per heavy atom. The van der Waals surface area contributed by atoms with Crippen LogP contribution in [0.15, 0.2) is 91.0 Å². The molecule has 3 aromatic carbocycles. The Hall–Kier alpha value is -3.15. The van der Waals surface area contributed by atoms with Crippen LogP contribution in [0.1, 0.15) is 5.56 Å². The number of hydrogen-bond acceptors (Lipinski definition) is 4. The molecule has 0 spiro atoms. The van der Waals surface area contributed by atoms with Crippen molar-refractivity contribution in [2.45, 2.75) is 12.6 Å². The van der Waals surface area contributed by atoms with Crippen LogP contribution < -0.4 is 9.64 Å². The highest BCUT2D eigenvalue weighted by atomic mass is 16.6. The van der Waals surface area contributed by atoms with Gasteiger partial charge >= 0.3 is 6.09 Å². The van der Waals surface area contributed by atoms with Crippen molar-refractivity contribution in [1.29, 1.82) is 0 Å². The van der Waals surface area contributed by atoms with Crippen molar-refractivity contribution < 1.29 is 14.3 Å². The molecular weight excluding hydrogens is 376 g/mol. The highest BCUT2D eigenvalue weighted by Gasteiger charge is 2.27. The lowest BCUT2D eigenvalue weighted by atomic mass is 10.2. The van der Waals surface area contributed by atoms with E-state index in [0.717, 1.165) is 25.3 Å². The van der Waals surface area contributed by atoms with Crippen molar-refractivity contribution in [2.75, 3.05) is 31.1 Å². The van der Waals surface area contributed by atoms with Gasteiger partial charge in [0.15, 0.2) is 0 Å². The van der Waals surface area contributed by atoms with Gasteiger partial charge in [-0.15, -0.1) is 0 Å². The van der Waals surface area contributed by atoms with Crippen LogP contribution in [0.2, 0.25) is 0 Å². The lowest BCUT2D eigenvalue weighted by Crippen LogP contribution is -2.49. The Bertz CT molecular complexity index is 919. The second kappa shape index (κ2) is 10.1. The maximum Gasteiger partial charge on any atom is 0.419 e. The summed E-state index contributed by atoms with van der Waals surface area (Å²) in [6.45, 7) is 3.59. The molecule has 1 amide bonds. The summed E-state index contributed by atoms with van der Waals surface area (Å²) in [6.07, 6.45) is -0.498. The molecule has 1 heterocycles. The van der Waals surface area contributed by atoms with Gasteiger partial charge in [0.2, 0.25) is 0 Å². The molecule has 154 valence electrons. The summed E-state index contributed by atoms with van der Waals surface area (Å²) in [5.74, 6) is 0.527. The van der Waals surface area contributed by atoms with E-state index < -0.39 is 6.09 Å². The lowest BCUT2D eigenvalue weighted by Gasteiger charge is -2.35. The largest absolute Gasteiger partial charge is 0.419 e. The average molecular weight is 402 g/mol. The van der Waals surface area contributed by atoms with Crippen molar-refractivity contribution in [1.82, 2.24) is 4.90 Å². The van der Waals surface area contributed by atoms with E-state index in [1.54, 1.807) is 17.0 Å². The summed E-state index contributed by atoms with van der Waals surface area (Å²) in [5, 5.41) is 0. The highest BCUT2D eigenvalue weighted by Crippen LogP contribution is 2.20. The summed E-state index contributed by atoms with van der Waals surface area (Å²) in [6, 6.07) is 29.2. The van der Waals surface area contributed by atoms with Gasteiger partial charge in [-0.05, 0) is 29.8 Å². The van der Waals surface area contributed by atoms with Crippen molar-refractivity contribution in [3.8, 4) is 5.75 Å². The predicted molar refractivity (Wildman–Crippen MR) is 118 cm³/mol. The fraction of sp³-hybridized carbons (Fsp3) is 0.240. The first-order valence-electron chi connectivity index (χ1n) is 10.3. The molecule has 1 unspecified atom stereocenters. The maximum atomic E-state index is 13.0. The zero-order valence-electron chi connectivity index (χ0n) is 16.9. The molecule has 30 heavy (non-hydrogen) atoms. The number of anilines is 1. The molecule has 3 aromatic rings. The third kappa shape index (κ3) is 5.47. The lowest BCUT2D eigenvalue weighted by molar-refractivity contribution is -0.0265. The van der Waals surface area contributed by atoms with E-state index in [2.05, 4.69) is 29.2 Å². The van der Waals surface area contributed by atoms with Gasteiger partial charge in [0.1, 0.15) is 5.75 Å². The number of morpholine rings is 1. The topological polar surface area (TPSA) is 42.0 Å². The molecule has 0 aliphatic carbocycles. The van der Waals surface area contributed by atoms with Gasteiger partial charge < -0.3 is 9.47 Å². The number of benzene rings is 3. The number of rotatable bonds is 6. The molecule has 0 radical (unpaired) electrons. The molecule has 1 atom stereocenters. The summed E-state index contributed by atoms with van der Waals surface area (Å²) >= 11 is 0. The second-order valence-corrected chi connectivity index (χ2v) is 7.34. The molecule has 5 nitrogen and oxygen atoms in total. The minimum Gasteiger partial charge on any atom is -0.410 e. The predicted octanol–water partition coefficient (Wildman–Crippen LogP) is 4.59. The van der Waals surface area contributed by atoms with E-state index in [4.69, 9.17) is 9.47 Å². The van der Waals surface area contributed by atoms with Crippen LogP contribution in [-0.2, 0) is 11.3 Å². The van der Waals surface area contributed by atoms with Gasteiger partial charge in [0.25, 0.3) is 0 Å². The number of amides is 1. The Labute approximate surface area is 177 Å². The third-order valence-electron chi connectivity index (χ3n) is 5.09. The Kier molecular flexibility index (Phi) is 6.75. The van der Waals surface area contributed by atoms with E-state index in [1.165, 1.54) is 5.56 Å². The van der Waals surface area contributed by atoms with Gasteiger partial charge in [-0.2, -0.15) is 0 Å². The van der Waals surface area contributed by atoms with Gasteiger partial charge in [-0.3, -0.25) is 9.80 Å². The molecule has 4 rings (SSSR count). The standard InChI is InChI=1S/C25H26N2O3/c28-25(30-23-14-8-3-9-15-23)27(22-12-6-2-7-13-22)20-24-19-26(16-17-29-24)18-21-10-4-1-5-11-21/h1-15,24H,16-20H2. The van der Waals surface area contributed by atoms with Gasteiger partial charge in [-0.1, -0.05) is 66.7 Å². The molecular formula is C25H26N2O3. The number of hydrogen-bond donors (Lipinski definition) is 0. The zero-order valence-corrected chi connectivity index (χ0v) is 16.9. The molecule has 1 fully saturated rings. The van der Waals surface area contributed by atoms with Crippen molar-refractivity contribution in [3.63, 3.8) is 0 Å². The minimum absolute atomic E-state index is 0.0917. The van der Waals surface area contributed by atoms with Gasteiger partial charge in [-0.25, -0.2) is 4.79 Å². The first kappa shape index (κ1) is 20.1. The van der Waals surface area contributed by atoms with Crippen LogP contribution in [0.25, 0.3) is 0 Å². The van der Waals surface area contributed by atoms with E-state index in [-0.39, 0.29) is 6.10 Å². The smallest absolute Gasteiger partial charge is 0.410 e. The Morgan fingerprint density at radius 1 is 0.933 bits per heavy atom. The van der Waals surface area contributed by atoms with Crippen LogP contribution in [0.3, 0.4) is 0 Å². The molecule has 0 bridgehead atoms. The number of para-hydroxylation sites is 2. The second-order valence-electron chi connectivity index (χ2n) is 7.34. The van der Waals surface area contributed by atoms with Crippen molar-refractivity contribution in [2.24, 2.45) is 0 Å². The summed E-state index contributed by atoms with van der Waals surface area (Å²) < 4.78 is 11.6. The Morgan fingerprint density at radius 3 is 2.27 bits per heavy atom. The number of nitrogens with zero attached hydrogens (tertiary/aromatic N) is 2. The minimum atomic E-state index is -0.406. The van der Waals surface area contributed by atoms with Crippen LogP contribution in [0, 0.1) is 0 Å². The van der Waals surface area contributed by atoms with E-state index in [9.17, 15) is 4.79 Å². The molecule has 1 saturated heterocycles.